The number of thiazole rings is 1. The molecule has 1 fully saturated rings. The summed E-state index contributed by atoms with van der Waals surface area (Å²) in [5, 5.41) is 3.06. The van der Waals surface area contributed by atoms with E-state index in [0.29, 0.717) is 40.6 Å². The Kier molecular flexibility index (Phi) is 8.27. The van der Waals surface area contributed by atoms with Crippen molar-refractivity contribution in [2.75, 3.05) is 12.4 Å². The van der Waals surface area contributed by atoms with Crippen LogP contribution >= 0.6 is 11.3 Å². The molecule has 0 saturated heterocycles. The summed E-state index contributed by atoms with van der Waals surface area (Å²) in [7, 11) is 1.66. The van der Waals surface area contributed by atoms with Gasteiger partial charge >= 0.3 is 0 Å². The van der Waals surface area contributed by atoms with E-state index >= 15 is 0 Å². The molecule has 2 aromatic heterocycles. The van der Waals surface area contributed by atoms with Crippen molar-refractivity contribution >= 4 is 40.7 Å². The number of carbonyl (C=O) groups excluding carboxylic acids is 1. The Morgan fingerprint density at radius 1 is 1.30 bits per heavy atom. The second-order valence-electron chi connectivity index (χ2n) is 9.29. The Morgan fingerprint density at radius 2 is 2.05 bits per heavy atom. The zero-order valence-corrected chi connectivity index (χ0v) is 22.6. The Hall–Kier alpha value is -3.67. The summed E-state index contributed by atoms with van der Waals surface area (Å²) in [6, 6.07) is 7.61. The minimum absolute atomic E-state index is 0.181. The number of hydrogen-bond donors (Lipinski definition) is 2. The van der Waals surface area contributed by atoms with Crippen molar-refractivity contribution in [1.82, 2.24) is 9.55 Å². The van der Waals surface area contributed by atoms with Gasteiger partial charge in [0.25, 0.3) is 5.91 Å². The molecule has 1 aliphatic carbocycles. The number of aliphatic imine (C=N–C) groups is 1. The number of nitrogens with zero attached hydrogens (tertiary/aromatic N) is 3. The maximum absolute atomic E-state index is 14.0. The third kappa shape index (κ3) is 5.85. The van der Waals surface area contributed by atoms with Crippen LogP contribution in [0.5, 0.6) is 0 Å². The van der Waals surface area contributed by atoms with E-state index in [-0.39, 0.29) is 11.4 Å². The number of methoxy groups -OCH3 is 1. The van der Waals surface area contributed by atoms with Gasteiger partial charge in [0.15, 0.2) is 0 Å². The van der Waals surface area contributed by atoms with E-state index in [9.17, 15) is 4.79 Å². The maximum atomic E-state index is 14.0. The molecule has 0 spiro atoms. The predicted octanol–water partition coefficient (Wildman–Crippen LogP) is 6.07. The average molecular weight is 516 g/mol. The van der Waals surface area contributed by atoms with Crippen LogP contribution in [0.4, 0.5) is 11.5 Å². The smallest absolute Gasteiger partial charge is 0.259 e. The van der Waals surface area contributed by atoms with Crippen LogP contribution in [0.2, 0.25) is 0 Å². The van der Waals surface area contributed by atoms with E-state index in [2.05, 4.69) is 40.6 Å². The molecule has 0 radical (unpaired) electrons. The number of anilines is 1. The predicted molar refractivity (Wildman–Crippen MR) is 151 cm³/mol. The highest BCUT2D eigenvalue weighted by Crippen LogP contribution is 2.50. The van der Waals surface area contributed by atoms with Crippen LogP contribution in [0.1, 0.15) is 78.5 Å². The Morgan fingerprint density at radius 3 is 2.65 bits per heavy atom. The number of nitrogens with two attached hydrogens (primary N) is 1. The largest absolute Gasteiger partial charge is 0.398 e. The molecular weight excluding hydrogens is 482 g/mol. The lowest BCUT2D eigenvalue weighted by atomic mass is 10.0. The Labute approximate surface area is 222 Å². The zero-order valence-electron chi connectivity index (χ0n) is 21.8. The van der Waals surface area contributed by atoms with Crippen LogP contribution < -0.4 is 11.1 Å². The van der Waals surface area contributed by atoms with Crippen molar-refractivity contribution in [2.24, 2.45) is 10.7 Å². The first kappa shape index (κ1) is 26.4. The molecule has 1 aromatic carbocycles. The lowest BCUT2D eigenvalue weighted by Crippen LogP contribution is -2.18. The molecule has 37 heavy (non-hydrogen) atoms. The van der Waals surface area contributed by atoms with Gasteiger partial charge in [-0.2, -0.15) is 0 Å². The average Bonchev–Trinajstić information content (AvgIpc) is 3.28. The molecule has 3 aromatic rings. The Balaban J connectivity index is 1.91. The highest BCUT2D eigenvalue weighted by molar-refractivity contribution is 7.10. The summed E-state index contributed by atoms with van der Waals surface area (Å²) in [5.41, 5.74) is 12.1. The summed E-state index contributed by atoms with van der Waals surface area (Å²) < 4.78 is 7.31. The SMILES string of the molecule is C/C=N\c1c(/C(N)=C\CCC)c(C(=O)Nc2ccc(COC)cc2)c(C#Cc2cncs2)n1C1(C)CC1. The molecule has 7 nitrogen and oxygen atoms in total. The number of amides is 1. The maximum Gasteiger partial charge on any atom is 0.259 e. The summed E-state index contributed by atoms with van der Waals surface area (Å²) in [4.78, 5) is 23.7. The molecule has 0 aliphatic heterocycles. The standard InChI is InChI=1S/C29H33N5O2S/c1-5-7-8-23(30)25-26(28(35)33-21-11-9-20(10-12-21)18-36-4)24(14-13-22-17-31-19-37-22)34(27(25)32-6-2)29(3)15-16-29/h6,8-12,17,19H,5,7,15-16,18,30H2,1-4H3,(H,33,35)/b23-8+,32-6-. The molecule has 4 rings (SSSR count). The second-order valence-corrected chi connectivity index (χ2v) is 10.2. The summed E-state index contributed by atoms with van der Waals surface area (Å²) in [6.07, 6.45) is 9.14. The van der Waals surface area contributed by atoms with Crippen molar-refractivity contribution in [3.8, 4) is 11.8 Å². The minimum atomic E-state index is -0.272. The van der Waals surface area contributed by atoms with Gasteiger partial charge in [-0.1, -0.05) is 31.6 Å². The van der Waals surface area contributed by atoms with Crippen molar-refractivity contribution in [1.29, 1.82) is 0 Å². The number of ether oxygens (including phenoxy) is 1. The zero-order chi connectivity index (χ0) is 26.4. The van der Waals surface area contributed by atoms with E-state index < -0.39 is 0 Å². The quantitative estimate of drug-likeness (QED) is 0.267. The van der Waals surface area contributed by atoms with E-state index in [1.807, 2.05) is 37.3 Å². The third-order valence-corrected chi connectivity index (χ3v) is 7.03. The first-order valence-corrected chi connectivity index (χ1v) is 13.3. The number of benzene rings is 1. The monoisotopic (exact) mass is 515 g/mol. The third-order valence-electron chi connectivity index (χ3n) is 6.34. The Bertz CT molecular complexity index is 1370. The van der Waals surface area contributed by atoms with Gasteiger partial charge in [-0.05, 0) is 62.6 Å². The molecule has 1 saturated carbocycles. The summed E-state index contributed by atoms with van der Waals surface area (Å²) >= 11 is 1.46. The number of hydrogen-bond acceptors (Lipinski definition) is 6. The van der Waals surface area contributed by atoms with Crippen LogP contribution in [-0.2, 0) is 16.9 Å². The summed E-state index contributed by atoms with van der Waals surface area (Å²) in [6.45, 7) is 6.64. The van der Waals surface area contributed by atoms with Crippen molar-refractivity contribution in [3.05, 3.63) is 69.3 Å². The molecule has 192 valence electrons. The van der Waals surface area contributed by atoms with E-state index in [0.717, 1.165) is 36.1 Å². The second kappa shape index (κ2) is 11.6. The molecule has 0 bridgehead atoms. The number of nitrogens with one attached hydrogen (secondary N) is 1. The van der Waals surface area contributed by atoms with Gasteiger partial charge in [-0.3, -0.25) is 9.78 Å². The first-order chi connectivity index (χ1) is 17.9. The summed E-state index contributed by atoms with van der Waals surface area (Å²) in [5.74, 6) is 6.90. The van der Waals surface area contributed by atoms with Gasteiger partial charge in [0.1, 0.15) is 11.5 Å². The van der Waals surface area contributed by atoms with E-state index in [1.54, 1.807) is 25.0 Å². The molecule has 8 heteroatoms. The van der Waals surface area contributed by atoms with Crippen LogP contribution in [0.25, 0.3) is 5.70 Å². The van der Waals surface area contributed by atoms with Gasteiger partial charge in [0, 0.05) is 30.2 Å². The van der Waals surface area contributed by atoms with Gasteiger partial charge in [-0.25, -0.2) is 4.99 Å². The fourth-order valence-corrected chi connectivity index (χ4v) is 4.66. The van der Waals surface area contributed by atoms with Crippen molar-refractivity contribution in [3.63, 3.8) is 0 Å². The van der Waals surface area contributed by atoms with Crippen LogP contribution in [-0.4, -0.2) is 28.8 Å². The van der Waals surface area contributed by atoms with Crippen LogP contribution in [0, 0.1) is 11.8 Å². The van der Waals surface area contributed by atoms with Gasteiger partial charge < -0.3 is 20.4 Å². The molecule has 2 heterocycles. The van der Waals surface area contributed by atoms with Gasteiger partial charge in [0.05, 0.1) is 34.3 Å². The van der Waals surface area contributed by atoms with Gasteiger partial charge in [0.2, 0.25) is 0 Å². The fraction of sp³-hybridized carbons (Fsp3) is 0.345. The van der Waals surface area contributed by atoms with Crippen molar-refractivity contribution in [2.45, 2.75) is 58.6 Å². The fourth-order valence-electron chi connectivity index (χ4n) is 4.19. The molecule has 0 atom stereocenters. The number of allylic oxidation sites excluding steroid dienone is 1. The number of rotatable bonds is 9. The molecular formula is C29H33N5O2S. The number of carbonyl (C=O) groups is 1. The molecule has 1 aliphatic rings. The van der Waals surface area contributed by atoms with E-state index in [1.165, 1.54) is 11.3 Å². The molecule has 3 N–H and O–H groups in total. The highest BCUT2D eigenvalue weighted by atomic mass is 32.1. The lowest BCUT2D eigenvalue weighted by Gasteiger charge is -2.16. The molecule has 0 unspecified atom stereocenters. The normalized spacial score (nSPS) is 14.4. The van der Waals surface area contributed by atoms with Gasteiger partial charge in [-0.15, -0.1) is 11.3 Å². The van der Waals surface area contributed by atoms with Crippen LogP contribution in [0.3, 0.4) is 0 Å². The van der Waals surface area contributed by atoms with Crippen molar-refractivity contribution < 1.29 is 9.53 Å². The number of aromatic nitrogens is 2. The first-order valence-electron chi connectivity index (χ1n) is 12.5. The molecule has 1 amide bonds. The lowest BCUT2D eigenvalue weighted by molar-refractivity contribution is 0.102. The topological polar surface area (TPSA) is 94.5 Å². The minimum Gasteiger partial charge on any atom is -0.398 e. The van der Waals surface area contributed by atoms with Crippen LogP contribution in [0.15, 0.2) is 47.0 Å². The highest BCUT2D eigenvalue weighted by Gasteiger charge is 2.44. The van der Waals surface area contributed by atoms with E-state index in [4.69, 9.17) is 15.5 Å². The number of unbranched alkanes of at least 4 members (excludes halogenated alkanes) is 1.